The monoisotopic (exact) mass is 279 g/mol. The van der Waals surface area contributed by atoms with E-state index in [-0.39, 0.29) is 6.42 Å². The number of carboxylic acid groups (broad SMARTS) is 1. The minimum absolute atomic E-state index is 0.00585. The lowest BCUT2D eigenvalue weighted by Gasteiger charge is -1.92. The van der Waals surface area contributed by atoms with Crippen LogP contribution in [0.4, 0.5) is 0 Å². The van der Waals surface area contributed by atoms with E-state index < -0.39 is 5.97 Å². The Labute approximate surface area is 110 Å². The van der Waals surface area contributed by atoms with Crippen LogP contribution in [-0.4, -0.2) is 25.4 Å². The summed E-state index contributed by atoms with van der Waals surface area (Å²) in [6.45, 7) is 1.95. The quantitative estimate of drug-likeness (QED) is 0.799. The first-order valence-electron chi connectivity index (χ1n) is 5.23. The number of rotatable bonds is 3. The molecular weight excluding hydrogens is 270 g/mol. The molecule has 0 atom stereocenters. The summed E-state index contributed by atoms with van der Waals surface area (Å²) in [5.74, 6) is -0.838. The van der Waals surface area contributed by atoms with E-state index in [0.717, 1.165) is 27.1 Å². The van der Waals surface area contributed by atoms with Gasteiger partial charge < -0.3 is 5.11 Å². The predicted octanol–water partition coefficient (Wildman–Crippen LogP) is 2.45. The van der Waals surface area contributed by atoms with Gasteiger partial charge in [-0.2, -0.15) is 0 Å². The number of carboxylic acids is 1. The van der Waals surface area contributed by atoms with Crippen molar-refractivity contribution in [2.24, 2.45) is 0 Å². The highest BCUT2D eigenvalue weighted by Crippen LogP contribution is 2.24. The normalized spacial score (nSPS) is 11.2. The Bertz CT molecular complexity index is 726. The van der Waals surface area contributed by atoms with E-state index in [1.807, 2.05) is 28.3 Å². The van der Waals surface area contributed by atoms with Gasteiger partial charge in [0.2, 0.25) is 0 Å². The molecule has 0 aromatic carbocycles. The van der Waals surface area contributed by atoms with Gasteiger partial charge in [-0.3, -0.25) is 9.20 Å². The lowest BCUT2D eigenvalue weighted by atomic mass is 10.3. The largest absolute Gasteiger partial charge is 0.481 e. The number of thiazole rings is 2. The van der Waals surface area contributed by atoms with Crippen LogP contribution in [-0.2, 0) is 11.2 Å². The van der Waals surface area contributed by atoms with Gasteiger partial charge in [0, 0.05) is 22.7 Å². The van der Waals surface area contributed by atoms with Crippen molar-refractivity contribution in [3.05, 3.63) is 27.7 Å². The molecule has 0 radical (unpaired) electrons. The van der Waals surface area contributed by atoms with Crippen LogP contribution in [0.3, 0.4) is 0 Å². The fourth-order valence-electron chi connectivity index (χ4n) is 1.72. The molecule has 0 spiro atoms. The number of aromatic nitrogens is 3. The van der Waals surface area contributed by atoms with E-state index in [1.54, 1.807) is 11.3 Å². The molecule has 7 heteroatoms. The highest BCUT2D eigenvalue weighted by atomic mass is 32.1. The number of fused-ring (bicyclic) bond motifs is 1. The molecule has 0 fully saturated rings. The molecule has 5 nitrogen and oxygen atoms in total. The number of aliphatic carboxylic acids is 1. The van der Waals surface area contributed by atoms with Gasteiger partial charge in [-0.1, -0.05) is 0 Å². The van der Waals surface area contributed by atoms with Crippen LogP contribution in [0.5, 0.6) is 0 Å². The van der Waals surface area contributed by atoms with Gasteiger partial charge in [0.05, 0.1) is 11.4 Å². The average molecular weight is 279 g/mol. The number of carbonyl (C=O) groups is 1. The maximum absolute atomic E-state index is 10.8. The smallest absolute Gasteiger partial charge is 0.309 e. The second-order valence-corrected chi connectivity index (χ2v) is 5.73. The average Bonchev–Trinajstić information content (AvgIpc) is 2.94. The molecule has 18 heavy (non-hydrogen) atoms. The number of aryl methyl sites for hydroxylation is 1. The zero-order valence-corrected chi connectivity index (χ0v) is 11.1. The molecule has 0 saturated carbocycles. The molecule has 0 aliphatic rings. The van der Waals surface area contributed by atoms with Crippen molar-refractivity contribution < 1.29 is 9.90 Å². The highest BCUT2D eigenvalue weighted by molar-refractivity contribution is 7.15. The molecule has 0 bridgehead atoms. The number of hydrogen-bond acceptors (Lipinski definition) is 5. The van der Waals surface area contributed by atoms with Crippen LogP contribution in [0.25, 0.3) is 16.3 Å². The van der Waals surface area contributed by atoms with Gasteiger partial charge in [-0.25, -0.2) is 9.97 Å². The third-order valence-electron chi connectivity index (χ3n) is 2.50. The Hall–Kier alpha value is -1.73. The molecule has 0 aliphatic heterocycles. The summed E-state index contributed by atoms with van der Waals surface area (Å²) < 4.78 is 1.82. The molecule has 0 saturated heterocycles. The van der Waals surface area contributed by atoms with Gasteiger partial charge in [-0.15, -0.1) is 22.7 Å². The lowest BCUT2D eigenvalue weighted by molar-refractivity contribution is -0.136. The third-order valence-corrected chi connectivity index (χ3v) is 4.16. The summed E-state index contributed by atoms with van der Waals surface area (Å²) in [5.41, 5.74) is 2.38. The maximum Gasteiger partial charge on any atom is 0.309 e. The van der Waals surface area contributed by atoms with E-state index in [1.165, 1.54) is 11.3 Å². The Morgan fingerprint density at radius 2 is 2.17 bits per heavy atom. The first kappa shape index (κ1) is 11.4. The summed E-state index contributed by atoms with van der Waals surface area (Å²) in [7, 11) is 0. The topological polar surface area (TPSA) is 67.5 Å². The Kier molecular flexibility index (Phi) is 2.64. The Morgan fingerprint density at radius 1 is 1.33 bits per heavy atom. The first-order valence-corrected chi connectivity index (χ1v) is 6.99. The van der Waals surface area contributed by atoms with Crippen molar-refractivity contribution in [1.82, 2.24) is 14.4 Å². The van der Waals surface area contributed by atoms with Crippen molar-refractivity contribution in [3.8, 4) is 11.4 Å². The zero-order chi connectivity index (χ0) is 12.7. The Balaban J connectivity index is 2.06. The van der Waals surface area contributed by atoms with Crippen LogP contribution >= 0.6 is 22.7 Å². The van der Waals surface area contributed by atoms with E-state index in [4.69, 9.17) is 5.11 Å². The molecule has 0 aliphatic carbocycles. The van der Waals surface area contributed by atoms with E-state index in [0.29, 0.717) is 0 Å². The minimum Gasteiger partial charge on any atom is -0.481 e. The van der Waals surface area contributed by atoms with Crippen molar-refractivity contribution in [2.75, 3.05) is 0 Å². The first-order chi connectivity index (χ1) is 8.63. The van der Waals surface area contributed by atoms with E-state index in [2.05, 4.69) is 9.97 Å². The predicted molar refractivity (Wildman–Crippen MR) is 70.3 cm³/mol. The van der Waals surface area contributed by atoms with Gasteiger partial charge in [0.1, 0.15) is 11.4 Å². The van der Waals surface area contributed by atoms with Gasteiger partial charge >= 0.3 is 5.97 Å². The van der Waals surface area contributed by atoms with Crippen LogP contribution in [0.1, 0.15) is 10.7 Å². The fourth-order valence-corrected chi connectivity index (χ4v) is 3.20. The van der Waals surface area contributed by atoms with E-state index >= 15 is 0 Å². The summed E-state index contributed by atoms with van der Waals surface area (Å²) in [5, 5.41) is 13.6. The maximum atomic E-state index is 10.8. The molecule has 3 aromatic rings. The summed E-state index contributed by atoms with van der Waals surface area (Å²) in [6, 6.07) is 0. The van der Waals surface area contributed by atoms with Crippen LogP contribution in [0, 0.1) is 6.92 Å². The van der Waals surface area contributed by atoms with Crippen molar-refractivity contribution in [3.63, 3.8) is 0 Å². The van der Waals surface area contributed by atoms with Crippen LogP contribution in [0.15, 0.2) is 17.0 Å². The second-order valence-electron chi connectivity index (χ2n) is 3.83. The molecule has 3 heterocycles. The molecular formula is C11H9N3O2S2. The molecule has 1 N–H and O–H groups in total. The van der Waals surface area contributed by atoms with Crippen molar-refractivity contribution >= 4 is 33.6 Å². The van der Waals surface area contributed by atoms with Crippen LogP contribution < -0.4 is 0 Å². The summed E-state index contributed by atoms with van der Waals surface area (Å²) >= 11 is 3.02. The summed E-state index contributed by atoms with van der Waals surface area (Å²) in [6.07, 6.45) is 1.85. The molecule has 3 rings (SSSR count). The van der Waals surface area contributed by atoms with Crippen LogP contribution in [0.2, 0.25) is 0 Å². The molecule has 0 amide bonds. The van der Waals surface area contributed by atoms with Gasteiger partial charge in [-0.05, 0) is 6.92 Å². The number of hydrogen-bond donors (Lipinski definition) is 1. The van der Waals surface area contributed by atoms with Gasteiger partial charge in [0.25, 0.3) is 0 Å². The van der Waals surface area contributed by atoms with Crippen molar-refractivity contribution in [1.29, 1.82) is 0 Å². The standard InChI is InChI=1S/C11H9N3O2S2/c1-6-12-9(5-17-6)8-3-14-7(2-10(15)16)4-18-11(14)13-8/h3-5H,2H2,1H3,(H,15,16). The molecule has 0 unspecified atom stereocenters. The third kappa shape index (κ3) is 1.91. The molecule has 92 valence electrons. The lowest BCUT2D eigenvalue weighted by Crippen LogP contribution is -2.02. The second kappa shape index (κ2) is 4.18. The summed E-state index contributed by atoms with van der Waals surface area (Å²) in [4.78, 5) is 20.4. The number of imidazole rings is 1. The fraction of sp³-hybridized carbons (Fsp3) is 0.182. The van der Waals surface area contributed by atoms with Gasteiger partial charge in [0.15, 0.2) is 4.96 Å². The van der Waals surface area contributed by atoms with Crippen molar-refractivity contribution in [2.45, 2.75) is 13.3 Å². The SMILES string of the molecule is Cc1nc(-c2cn3c(CC(=O)O)csc3n2)cs1. The zero-order valence-electron chi connectivity index (χ0n) is 9.45. The minimum atomic E-state index is -0.838. The Morgan fingerprint density at radius 3 is 2.83 bits per heavy atom. The highest BCUT2D eigenvalue weighted by Gasteiger charge is 2.13. The number of nitrogens with zero attached hydrogens (tertiary/aromatic N) is 3. The van der Waals surface area contributed by atoms with E-state index in [9.17, 15) is 4.79 Å². The molecule has 3 aromatic heterocycles.